The molecular formula is C14H17BrN2O2. The molecule has 19 heavy (non-hydrogen) atoms. The molecule has 1 aliphatic heterocycles. The number of hydrogen-bond donors (Lipinski definition) is 1. The molecule has 5 heteroatoms. The van der Waals surface area contributed by atoms with E-state index < -0.39 is 6.04 Å². The molecule has 0 bridgehead atoms. The van der Waals surface area contributed by atoms with Gasteiger partial charge >= 0.3 is 0 Å². The number of nitrogens with one attached hydrogen (secondary N) is 1. The smallest absolute Gasteiger partial charge is 0.252 e. The number of carbonyl (C=O) groups excluding carboxylic acids is 2. The minimum Gasteiger partial charge on any atom is -0.372 e. The average molecular weight is 325 g/mol. The number of hydrogen-bond acceptors (Lipinski definition) is 3. The molecule has 1 saturated heterocycles. The number of benzene rings is 1. The Morgan fingerprint density at radius 3 is 2.63 bits per heavy atom. The SMILES string of the molecule is Cc1cccc(NC2CC(=O)N(C(C)C)C2=O)c1Br. The molecule has 1 heterocycles. The van der Waals surface area contributed by atoms with Gasteiger partial charge in [0.05, 0.1) is 6.42 Å². The number of imide groups is 1. The van der Waals surface area contributed by atoms with Crippen LogP contribution < -0.4 is 5.32 Å². The number of aryl methyl sites for hydroxylation is 1. The minimum atomic E-state index is -0.465. The van der Waals surface area contributed by atoms with E-state index in [0.717, 1.165) is 15.7 Å². The maximum Gasteiger partial charge on any atom is 0.252 e. The molecule has 0 aromatic heterocycles. The number of rotatable bonds is 3. The fourth-order valence-corrected chi connectivity index (χ4v) is 2.63. The van der Waals surface area contributed by atoms with Gasteiger partial charge in [-0.3, -0.25) is 14.5 Å². The normalized spacial score (nSPS) is 19.4. The van der Waals surface area contributed by atoms with E-state index in [0.29, 0.717) is 0 Å². The zero-order valence-electron chi connectivity index (χ0n) is 11.2. The Bertz CT molecular complexity index is 528. The van der Waals surface area contributed by atoms with Crippen LogP contribution in [0.15, 0.2) is 22.7 Å². The lowest BCUT2D eigenvalue weighted by Crippen LogP contribution is -2.39. The van der Waals surface area contributed by atoms with Gasteiger partial charge in [0, 0.05) is 16.2 Å². The van der Waals surface area contributed by atoms with Crippen molar-refractivity contribution in [2.75, 3.05) is 5.32 Å². The summed E-state index contributed by atoms with van der Waals surface area (Å²) in [6.07, 6.45) is 0.220. The van der Waals surface area contributed by atoms with Crippen molar-refractivity contribution in [3.63, 3.8) is 0 Å². The van der Waals surface area contributed by atoms with E-state index >= 15 is 0 Å². The Kier molecular flexibility index (Phi) is 3.94. The van der Waals surface area contributed by atoms with Gasteiger partial charge in [-0.2, -0.15) is 0 Å². The largest absolute Gasteiger partial charge is 0.372 e. The predicted octanol–water partition coefficient (Wildman–Crippen LogP) is 2.71. The Hall–Kier alpha value is -1.36. The molecule has 1 aromatic rings. The highest BCUT2D eigenvalue weighted by Gasteiger charge is 2.39. The number of likely N-dealkylation sites (tertiary alicyclic amines) is 1. The van der Waals surface area contributed by atoms with Crippen LogP contribution in [0.25, 0.3) is 0 Å². The van der Waals surface area contributed by atoms with Crippen molar-refractivity contribution in [1.29, 1.82) is 0 Å². The monoisotopic (exact) mass is 324 g/mol. The van der Waals surface area contributed by atoms with Gasteiger partial charge in [-0.15, -0.1) is 0 Å². The summed E-state index contributed by atoms with van der Waals surface area (Å²) in [5.41, 5.74) is 1.93. The van der Waals surface area contributed by atoms with E-state index in [-0.39, 0.29) is 24.3 Å². The van der Waals surface area contributed by atoms with Gasteiger partial charge in [0.1, 0.15) is 6.04 Å². The first-order chi connectivity index (χ1) is 8.91. The molecule has 0 saturated carbocycles. The van der Waals surface area contributed by atoms with Crippen LogP contribution in [0, 0.1) is 6.92 Å². The molecule has 0 radical (unpaired) electrons. The van der Waals surface area contributed by atoms with Crippen LogP contribution in [-0.4, -0.2) is 28.8 Å². The van der Waals surface area contributed by atoms with Gasteiger partial charge in [0.2, 0.25) is 5.91 Å². The molecule has 4 nitrogen and oxygen atoms in total. The first-order valence-corrected chi connectivity index (χ1v) is 7.08. The van der Waals surface area contributed by atoms with E-state index in [4.69, 9.17) is 0 Å². The molecule has 1 aliphatic rings. The van der Waals surface area contributed by atoms with Crippen LogP contribution in [0.4, 0.5) is 5.69 Å². The highest BCUT2D eigenvalue weighted by Crippen LogP contribution is 2.28. The summed E-state index contributed by atoms with van der Waals surface area (Å²) in [6, 6.07) is 5.24. The van der Waals surface area contributed by atoms with Crippen molar-refractivity contribution >= 4 is 33.4 Å². The minimum absolute atomic E-state index is 0.0900. The molecule has 2 amide bonds. The van der Waals surface area contributed by atoms with Crippen molar-refractivity contribution in [2.45, 2.75) is 39.3 Å². The van der Waals surface area contributed by atoms with Crippen LogP contribution in [0.2, 0.25) is 0 Å². The van der Waals surface area contributed by atoms with Crippen molar-refractivity contribution < 1.29 is 9.59 Å². The molecule has 1 N–H and O–H groups in total. The number of anilines is 1. The van der Waals surface area contributed by atoms with Gasteiger partial charge < -0.3 is 5.32 Å². The Morgan fingerprint density at radius 1 is 1.37 bits per heavy atom. The first-order valence-electron chi connectivity index (χ1n) is 6.29. The number of amides is 2. The van der Waals surface area contributed by atoms with E-state index in [1.807, 2.05) is 39.0 Å². The van der Waals surface area contributed by atoms with E-state index in [1.54, 1.807) is 0 Å². The second kappa shape index (κ2) is 5.33. The summed E-state index contributed by atoms with van der Waals surface area (Å²) in [5, 5.41) is 3.16. The van der Waals surface area contributed by atoms with E-state index in [2.05, 4.69) is 21.2 Å². The van der Waals surface area contributed by atoms with E-state index in [1.165, 1.54) is 4.90 Å². The molecule has 1 unspecified atom stereocenters. The zero-order valence-corrected chi connectivity index (χ0v) is 12.8. The molecule has 102 valence electrons. The number of nitrogens with zero attached hydrogens (tertiary/aromatic N) is 1. The van der Waals surface area contributed by atoms with Gasteiger partial charge in [0.15, 0.2) is 0 Å². The zero-order chi connectivity index (χ0) is 14.2. The van der Waals surface area contributed by atoms with Gasteiger partial charge in [-0.05, 0) is 48.3 Å². The maximum atomic E-state index is 12.2. The Balaban J connectivity index is 2.19. The van der Waals surface area contributed by atoms with E-state index in [9.17, 15) is 9.59 Å². The summed E-state index contributed by atoms with van der Waals surface area (Å²) < 4.78 is 0.929. The van der Waals surface area contributed by atoms with Crippen molar-refractivity contribution in [1.82, 2.24) is 4.90 Å². The molecule has 1 atom stereocenters. The number of carbonyl (C=O) groups is 2. The molecule has 0 spiro atoms. The van der Waals surface area contributed by atoms with Crippen LogP contribution in [0.3, 0.4) is 0 Å². The summed E-state index contributed by atoms with van der Waals surface area (Å²) in [4.78, 5) is 25.4. The quantitative estimate of drug-likeness (QED) is 0.870. The lowest BCUT2D eigenvalue weighted by Gasteiger charge is -2.20. The molecule has 1 aromatic carbocycles. The third-order valence-electron chi connectivity index (χ3n) is 3.22. The van der Waals surface area contributed by atoms with Crippen LogP contribution in [0.5, 0.6) is 0 Å². The number of halogens is 1. The average Bonchev–Trinajstić information content (AvgIpc) is 2.60. The van der Waals surface area contributed by atoms with Crippen molar-refractivity contribution in [3.8, 4) is 0 Å². The van der Waals surface area contributed by atoms with Crippen LogP contribution in [-0.2, 0) is 9.59 Å². The summed E-state index contributed by atoms with van der Waals surface area (Å²) in [6.45, 7) is 5.68. The highest BCUT2D eigenvalue weighted by atomic mass is 79.9. The second-order valence-corrected chi connectivity index (χ2v) is 5.83. The molecule has 2 rings (SSSR count). The lowest BCUT2D eigenvalue weighted by atomic mass is 10.2. The Labute approximate surface area is 121 Å². The first kappa shape index (κ1) is 14.1. The topological polar surface area (TPSA) is 49.4 Å². The van der Waals surface area contributed by atoms with Crippen molar-refractivity contribution in [2.24, 2.45) is 0 Å². The summed E-state index contributed by atoms with van der Waals surface area (Å²) in [5.74, 6) is -0.255. The fraction of sp³-hybridized carbons (Fsp3) is 0.429. The second-order valence-electron chi connectivity index (χ2n) is 5.03. The van der Waals surface area contributed by atoms with Gasteiger partial charge in [-0.25, -0.2) is 0 Å². The van der Waals surface area contributed by atoms with Crippen LogP contribution >= 0.6 is 15.9 Å². The molecule has 1 fully saturated rings. The molecular weight excluding hydrogens is 308 g/mol. The third kappa shape index (κ3) is 2.66. The molecule has 0 aliphatic carbocycles. The summed E-state index contributed by atoms with van der Waals surface area (Å²) >= 11 is 3.49. The third-order valence-corrected chi connectivity index (χ3v) is 4.27. The summed E-state index contributed by atoms with van der Waals surface area (Å²) in [7, 11) is 0. The standard InChI is InChI=1S/C14H17BrN2O2/c1-8(2)17-12(18)7-11(14(17)19)16-10-6-4-5-9(3)13(10)15/h4-6,8,11,16H,7H2,1-3H3. The van der Waals surface area contributed by atoms with Gasteiger partial charge in [-0.1, -0.05) is 12.1 Å². The van der Waals surface area contributed by atoms with Gasteiger partial charge in [0.25, 0.3) is 5.91 Å². The predicted molar refractivity (Wildman–Crippen MR) is 77.9 cm³/mol. The lowest BCUT2D eigenvalue weighted by molar-refractivity contribution is -0.140. The van der Waals surface area contributed by atoms with Crippen molar-refractivity contribution in [3.05, 3.63) is 28.2 Å². The Morgan fingerprint density at radius 2 is 2.05 bits per heavy atom. The maximum absolute atomic E-state index is 12.2. The highest BCUT2D eigenvalue weighted by molar-refractivity contribution is 9.10. The van der Waals surface area contributed by atoms with Crippen LogP contribution in [0.1, 0.15) is 25.8 Å². The fourth-order valence-electron chi connectivity index (χ4n) is 2.25.